The number of furan rings is 1. The number of allylic oxidation sites excluding steroid dienone is 2. The average molecular weight is 773 g/mol. The predicted octanol–water partition coefficient (Wildman–Crippen LogP) is 15.6. The molecule has 1 aliphatic rings. The molecule has 278 valence electrons. The summed E-state index contributed by atoms with van der Waals surface area (Å²) in [5, 5.41) is 4.74. The lowest BCUT2D eigenvalue weighted by atomic mass is 9.96. The van der Waals surface area contributed by atoms with Crippen LogP contribution in [0.25, 0.3) is 64.5 Å². The van der Waals surface area contributed by atoms with Crippen molar-refractivity contribution in [2.24, 2.45) is 4.99 Å². The Morgan fingerprint density at radius 1 is 0.492 bits per heavy atom. The number of para-hydroxylation sites is 1. The van der Waals surface area contributed by atoms with Gasteiger partial charge in [-0.2, -0.15) is 0 Å². The number of thiophene rings is 1. The van der Waals surface area contributed by atoms with Crippen molar-refractivity contribution in [2.75, 3.05) is 4.90 Å². The van der Waals surface area contributed by atoms with Gasteiger partial charge in [0.05, 0.1) is 11.4 Å². The molecule has 1 aliphatic heterocycles. The number of hydrogen-bond acceptors (Lipinski definition) is 4. The van der Waals surface area contributed by atoms with Gasteiger partial charge in [0.1, 0.15) is 11.2 Å². The molecule has 10 aromatic rings. The smallest absolute Gasteiger partial charge is 0.136 e. The highest BCUT2D eigenvalue weighted by atomic mass is 32.1. The number of aliphatic imine (C=N–C) groups is 1. The molecule has 2 aromatic heterocycles. The lowest BCUT2D eigenvalue weighted by Gasteiger charge is -2.26. The van der Waals surface area contributed by atoms with Crippen LogP contribution in [0.5, 0.6) is 0 Å². The van der Waals surface area contributed by atoms with E-state index in [9.17, 15) is 0 Å². The van der Waals surface area contributed by atoms with E-state index in [1.165, 1.54) is 20.2 Å². The Labute approximate surface area is 346 Å². The first-order valence-electron chi connectivity index (χ1n) is 19.9. The molecule has 0 saturated carbocycles. The summed E-state index contributed by atoms with van der Waals surface area (Å²) < 4.78 is 9.22. The topological polar surface area (TPSA) is 28.7 Å². The molecule has 59 heavy (non-hydrogen) atoms. The zero-order valence-corrected chi connectivity index (χ0v) is 33.1. The van der Waals surface area contributed by atoms with Gasteiger partial charge in [0, 0.05) is 70.8 Å². The molecule has 0 unspecified atom stereocenters. The number of anilines is 3. The van der Waals surface area contributed by atoms with Crippen LogP contribution in [0.3, 0.4) is 0 Å². The van der Waals surface area contributed by atoms with Gasteiger partial charge >= 0.3 is 0 Å². The first kappa shape index (κ1) is 34.7. The van der Waals surface area contributed by atoms with Crippen LogP contribution in [-0.2, 0) is 0 Å². The molecule has 0 spiro atoms. The van der Waals surface area contributed by atoms with Gasteiger partial charge in [0.2, 0.25) is 0 Å². The predicted molar refractivity (Wildman–Crippen MR) is 250 cm³/mol. The maximum Gasteiger partial charge on any atom is 0.136 e. The van der Waals surface area contributed by atoms with E-state index >= 15 is 0 Å². The number of nitrogens with zero attached hydrogens (tertiary/aromatic N) is 2. The maximum absolute atomic E-state index is 6.62. The lowest BCUT2D eigenvalue weighted by molar-refractivity contribution is 0.669. The number of fused-ring (bicyclic) bond motifs is 6. The van der Waals surface area contributed by atoms with Crippen molar-refractivity contribution >= 4 is 87.5 Å². The Morgan fingerprint density at radius 3 is 1.95 bits per heavy atom. The first-order valence-corrected chi connectivity index (χ1v) is 20.7. The summed E-state index contributed by atoms with van der Waals surface area (Å²) in [5.74, 6) is 0. The van der Waals surface area contributed by atoms with Crippen molar-refractivity contribution in [1.82, 2.24) is 0 Å². The van der Waals surface area contributed by atoms with E-state index in [0.29, 0.717) is 0 Å². The Balaban J connectivity index is 0.984. The van der Waals surface area contributed by atoms with E-state index < -0.39 is 0 Å². The fraction of sp³-hybridized carbons (Fsp3) is 0.0182. The molecule has 0 aliphatic carbocycles. The average Bonchev–Trinajstić information content (AvgIpc) is 3.81. The van der Waals surface area contributed by atoms with E-state index in [1.54, 1.807) is 0 Å². The molecular weight excluding hydrogens is 737 g/mol. The molecule has 0 fully saturated rings. The summed E-state index contributed by atoms with van der Waals surface area (Å²) in [6.45, 7) is 2.14. The second kappa shape index (κ2) is 14.5. The SMILES string of the molecule is CC1=C(c2ccccc2)N=C(c2ccc3c(c2)oc2cccc(-c4ccc(N(c5ccccc5)c5ccc6sc7ccccc7c6c5)cc4)c23)C=C=C1c1ccccc1. The lowest BCUT2D eigenvalue weighted by Crippen LogP contribution is -2.09. The maximum atomic E-state index is 6.62. The van der Waals surface area contributed by atoms with Crippen LogP contribution >= 0.6 is 11.3 Å². The molecule has 0 saturated heterocycles. The highest BCUT2D eigenvalue weighted by Crippen LogP contribution is 2.43. The normalized spacial score (nSPS) is 13.0. The third-order valence-corrected chi connectivity index (χ3v) is 12.4. The molecule has 3 nitrogen and oxygen atoms in total. The van der Waals surface area contributed by atoms with Gasteiger partial charge in [-0.15, -0.1) is 17.1 Å². The van der Waals surface area contributed by atoms with E-state index in [-0.39, 0.29) is 0 Å². The second-order valence-corrected chi connectivity index (χ2v) is 15.9. The second-order valence-electron chi connectivity index (χ2n) is 14.9. The van der Waals surface area contributed by atoms with Gasteiger partial charge in [-0.05, 0) is 95.9 Å². The highest BCUT2D eigenvalue weighted by Gasteiger charge is 2.19. The summed E-state index contributed by atoms with van der Waals surface area (Å²) in [6.07, 6.45) is 2.01. The highest BCUT2D eigenvalue weighted by molar-refractivity contribution is 7.25. The fourth-order valence-corrected chi connectivity index (χ4v) is 9.51. The van der Waals surface area contributed by atoms with Crippen molar-refractivity contribution in [2.45, 2.75) is 6.92 Å². The third kappa shape index (κ3) is 6.20. The van der Waals surface area contributed by atoms with Crippen LogP contribution in [0.4, 0.5) is 17.1 Å². The Bertz CT molecular complexity index is 3350. The van der Waals surface area contributed by atoms with E-state index in [0.717, 1.165) is 89.4 Å². The summed E-state index contributed by atoms with van der Waals surface area (Å²) >= 11 is 1.84. The van der Waals surface area contributed by atoms with Gasteiger partial charge in [0.15, 0.2) is 0 Å². The fourth-order valence-electron chi connectivity index (χ4n) is 8.43. The summed E-state index contributed by atoms with van der Waals surface area (Å²) in [7, 11) is 0. The quantitative estimate of drug-likeness (QED) is 0.151. The molecule has 4 heteroatoms. The molecule has 0 atom stereocenters. The number of rotatable bonds is 7. The Kier molecular flexibility index (Phi) is 8.52. The van der Waals surface area contributed by atoms with Gasteiger partial charge < -0.3 is 9.32 Å². The van der Waals surface area contributed by atoms with Crippen LogP contribution in [0.15, 0.2) is 221 Å². The van der Waals surface area contributed by atoms with Crippen LogP contribution in [0.2, 0.25) is 0 Å². The van der Waals surface area contributed by atoms with Gasteiger partial charge in [-0.1, -0.05) is 127 Å². The third-order valence-electron chi connectivity index (χ3n) is 11.3. The minimum atomic E-state index is 0.822. The van der Waals surface area contributed by atoms with Crippen LogP contribution in [-0.4, -0.2) is 5.71 Å². The van der Waals surface area contributed by atoms with Gasteiger partial charge in [-0.3, -0.25) is 0 Å². The Morgan fingerprint density at radius 2 is 1.15 bits per heavy atom. The monoisotopic (exact) mass is 772 g/mol. The Hall–Kier alpha value is -7.49. The van der Waals surface area contributed by atoms with E-state index in [2.05, 4.69) is 200 Å². The van der Waals surface area contributed by atoms with Gasteiger partial charge in [0.25, 0.3) is 0 Å². The van der Waals surface area contributed by atoms with E-state index in [4.69, 9.17) is 9.41 Å². The van der Waals surface area contributed by atoms with Crippen molar-refractivity contribution in [3.63, 3.8) is 0 Å². The van der Waals surface area contributed by atoms with Gasteiger partial charge in [-0.25, -0.2) is 4.99 Å². The summed E-state index contributed by atoms with van der Waals surface area (Å²) in [5.41, 5.74) is 17.9. The minimum absolute atomic E-state index is 0.822. The molecular formula is C55H36N2OS. The molecule has 11 rings (SSSR count). The summed E-state index contributed by atoms with van der Waals surface area (Å²) in [4.78, 5) is 7.64. The zero-order chi connectivity index (χ0) is 39.3. The molecule has 0 radical (unpaired) electrons. The van der Waals surface area contributed by atoms with Crippen molar-refractivity contribution < 1.29 is 4.42 Å². The van der Waals surface area contributed by atoms with Crippen LogP contribution in [0.1, 0.15) is 23.6 Å². The van der Waals surface area contributed by atoms with Crippen molar-refractivity contribution in [3.8, 4) is 11.1 Å². The summed E-state index contributed by atoms with van der Waals surface area (Å²) in [6, 6.07) is 68.7. The minimum Gasteiger partial charge on any atom is -0.456 e. The molecule has 0 amide bonds. The standard InChI is InChI=1S/C55H36N2OS/c1-36-44(37-14-5-2-6-15-37)31-32-49(56-55(36)39-16-7-3-8-17-39)40-26-30-47-51(34-40)58-50-22-13-21-45(54(47)50)38-24-27-42(28-25-38)57(41-18-9-4-10-19-41)43-29-33-53-48(35-43)46-20-11-12-23-52(46)59-53/h2-30,32-35H,1H3. The zero-order valence-electron chi connectivity index (χ0n) is 32.3. The first-order chi connectivity index (χ1) is 29.2. The number of hydrogen-bond donors (Lipinski definition) is 0. The number of benzene rings is 8. The molecule has 3 heterocycles. The molecule has 8 aromatic carbocycles. The molecule has 0 N–H and O–H groups in total. The van der Waals surface area contributed by atoms with Crippen molar-refractivity contribution in [1.29, 1.82) is 0 Å². The van der Waals surface area contributed by atoms with Crippen LogP contribution < -0.4 is 4.90 Å². The largest absolute Gasteiger partial charge is 0.456 e. The molecule has 0 bridgehead atoms. The van der Waals surface area contributed by atoms with Crippen molar-refractivity contribution in [3.05, 3.63) is 228 Å². The van der Waals surface area contributed by atoms with E-state index in [1.807, 2.05) is 29.5 Å². The van der Waals surface area contributed by atoms with Crippen LogP contribution in [0, 0.1) is 0 Å².